The van der Waals surface area contributed by atoms with Crippen LogP contribution in [0.1, 0.15) is 16.0 Å². The molecule has 3 aromatic rings. The molecule has 0 aliphatic carbocycles. The topological polar surface area (TPSA) is 58.4 Å². The number of likely N-dealkylation sites (N-methyl/N-ethyl adjacent to an activating group) is 1. The summed E-state index contributed by atoms with van der Waals surface area (Å²) in [6.45, 7) is 3.92. The van der Waals surface area contributed by atoms with E-state index < -0.39 is 0 Å². The van der Waals surface area contributed by atoms with Crippen molar-refractivity contribution in [2.75, 3.05) is 26.0 Å². The smallest absolute Gasteiger partial charge is 0.267 e. The van der Waals surface area contributed by atoms with Crippen LogP contribution in [-0.2, 0) is 13.0 Å². The normalized spacial score (nSPS) is 14.7. The summed E-state index contributed by atoms with van der Waals surface area (Å²) in [7, 11) is 2.11. The first-order valence-corrected chi connectivity index (χ1v) is 10.4. The molecule has 0 saturated heterocycles. The highest BCUT2D eigenvalue weighted by Crippen LogP contribution is 2.33. The average molecular weight is 388 g/mol. The molecule has 0 atom stereocenters. The third-order valence-electron chi connectivity index (χ3n) is 4.65. The summed E-state index contributed by atoms with van der Waals surface area (Å²) in [5.74, 6) is 0.512. The molecule has 7 heteroatoms. The zero-order valence-corrected chi connectivity index (χ0v) is 16.5. The van der Waals surface area contributed by atoms with Crippen molar-refractivity contribution in [1.29, 1.82) is 0 Å². The van der Waals surface area contributed by atoms with Gasteiger partial charge in [0.1, 0.15) is 4.83 Å². The van der Waals surface area contributed by atoms with Crippen LogP contribution >= 0.6 is 23.1 Å². The lowest BCUT2D eigenvalue weighted by Gasteiger charge is -2.21. The lowest BCUT2D eigenvalue weighted by atomic mass is 10.1. The number of aryl methyl sites for hydroxylation is 1. The molecule has 136 valence electrons. The molecular weight excluding hydrogens is 366 g/mol. The Morgan fingerprint density at radius 3 is 2.81 bits per heavy atom. The highest BCUT2D eigenvalue weighted by atomic mass is 32.2. The van der Waals surface area contributed by atoms with Crippen molar-refractivity contribution < 1.29 is 5.11 Å². The first-order chi connectivity index (χ1) is 12.6. The number of hydrogen-bond acceptors (Lipinski definition) is 6. The molecule has 1 N–H and O–H groups in total. The molecule has 26 heavy (non-hydrogen) atoms. The fourth-order valence-electron chi connectivity index (χ4n) is 3.31. The summed E-state index contributed by atoms with van der Waals surface area (Å²) >= 11 is 3.05. The number of benzene rings is 1. The number of aromatic nitrogens is 2. The predicted molar refractivity (Wildman–Crippen MR) is 108 cm³/mol. The van der Waals surface area contributed by atoms with E-state index in [-0.39, 0.29) is 12.2 Å². The summed E-state index contributed by atoms with van der Waals surface area (Å²) < 4.78 is 1.70. The van der Waals surface area contributed by atoms with Crippen molar-refractivity contribution >= 4 is 33.3 Å². The zero-order chi connectivity index (χ0) is 18.3. The maximum Gasteiger partial charge on any atom is 0.267 e. The van der Waals surface area contributed by atoms with Crippen molar-refractivity contribution in [3.63, 3.8) is 0 Å². The van der Waals surface area contributed by atoms with Crippen LogP contribution in [0.25, 0.3) is 15.9 Å². The van der Waals surface area contributed by atoms with Crippen LogP contribution in [0.4, 0.5) is 0 Å². The fourth-order valence-corrected chi connectivity index (χ4v) is 5.40. The SMILES string of the molecule is Cc1ccc(-n2c(SCCO)nc3sc4c(c3c2=O)CCN(C)C4)cc1. The highest BCUT2D eigenvalue weighted by molar-refractivity contribution is 7.99. The summed E-state index contributed by atoms with van der Waals surface area (Å²) in [5.41, 5.74) is 3.14. The predicted octanol–water partition coefficient (Wildman–Crippen LogP) is 2.83. The molecule has 0 fully saturated rings. The number of nitrogens with zero attached hydrogens (tertiary/aromatic N) is 3. The van der Waals surface area contributed by atoms with Gasteiger partial charge in [0, 0.05) is 23.7 Å². The van der Waals surface area contributed by atoms with E-state index in [4.69, 9.17) is 4.98 Å². The molecule has 1 aliphatic rings. The van der Waals surface area contributed by atoms with Gasteiger partial charge in [-0.1, -0.05) is 29.5 Å². The Kier molecular flexibility index (Phi) is 4.88. The summed E-state index contributed by atoms with van der Waals surface area (Å²) in [6.07, 6.45) is 0.889. The Morgan fingerprint density at radius 1 is 1.31 bits per heavy atom. The summed E-state index contributed by atoms with van der Waals surface area (Å²) in [6, 6.07) is 7.93. The molecule has 4 rings (SSSR count). The lowest BCUT2D eigenvalue weighted by Crippen LogP contribution is -2.27. The molecule has 0 amide bonds. The standard InChI is InChI=1S/C19H21N3O2S2/c1-12-3-5-13(6-4-12)22-18(24)16-14-7-8-21(2)11-15(14)26-17(16)20-19(22)25-10-9-23/h3-6,23H,7-11H2,1-2H3. The summed E-state index contributed by atoms with van der Waals surface area (Å²) in [4.78, 5) is 22.6. The van der Waals surface area contributed by atoms with E-state index in [1.54, 1.807) is 15.9 Å². The molecule has 2 aromatic heterocycles. The van der Waals surface area contributed by atoms with Crippen LogP contribution in [0.5, 0.6) is 0 Å². The van der Waals surface area contributed by atoms with Crippen molar-refractivity contribution in [3.05, 3.63) is 50.6 Å². The van der Waals surface area contributed by atoms with Gasteiger partial charge in [-0.25, -0.2) is 4.98 Å². The van der Waals surface area contributed by atoms with Crippen LogP contribution in [-0.4, -0.2) is 45.5 Å². The second-order valence-electron chi connectivity index (χ2n) is 6.61. The van der Waals surface area contributed by atoms with Crippen molar-refractivity contribution in [2.45, 2.75) is 25.0 Å². The van der Waals surface area contributed by atoms with E-state index in [0.29, 0.717) is 10.9 Å². The van der Waals surface area contributed by atoms with Crippen LogP contribution < -0.4 is 5.56 Å². The molecule has 0 radical (unpaired) electrons. The van der Waals surface area contributed by atoms with Gasteiger partial charge >= 0.3 is 0 Å². The second kappa shape index (κ2) is 7.15. The number of rotatable bonds is 4. The Hall–Kier alpha value is -1.67. The molecule has 3 heterocycles. The Morgan fingerprint density at radius 2 is 2.08 bits per heavy atom. The maximum absolute atomic E-state index is 13.5. The minimum atomic E-state index is 0.00125. The van der Waals surface area contributed by atoms with Crippen molar-refractivity contribution in [2.24, 2.45) is 0 Å². The van der Waals surface area contributed by atoms with E-state index in [1.165, 1.54) is 22.2 Å². The Bertz CT molecular complexity index is 1010. The number of thiophene rings is 1. The monoisotopic (exact) mass is 387 g/mol. The number of fused-ring (bicyclic) bond motifs is 3. The molecule has 0 saturated carbocycles. The molecule has 0 bridgehead atoms. The second-order valence-corrected chi connectivity index (χ2v) is 8.76. The number of thioether (sulfide) groups is 1. The number of aliphatic hydroxyl groups excluding tert-OH is 1. The van der Waals surface area contributed by atoms with Gasteiger partial charge in [0.05, 0.1) is 17.7 Å². The van der Waals surface area contributed by atoms with E-state index >= 15 is 0 Å². The van der Waals surface area contributed by atoms with Crippen LogP contribution in [0.3, 0.4) is 0 Å². The molecule has 0 spiro atoms. The third kappa shape index (κ3) is 3.09. The van der Waals surface area contributed by atoms with Gasteiger partial charge < -0.3 is 10.0 Å². The van der Waals surface area contributed by atoms with Gasteiger partial charge in [-0.2, -0.15) is 0 Å². The number of hydrogen-bond donors (Lipinski definition) is 1. The largest absolute Gasteiger partial charge is 0.396 e. The van der Waals surface area contributed by atoms with E-state index in [2.05, 4.69) is 11.9 Å². The van der Waals surface area contributed by atoms with Gasteiger partial charge in [0.25, 0.3) is 5.56 Å². The summed E-state index contributed by atoms with van der Waals surface area (Å²) in [5, 5.41) is 10.6. The van der Waals surface area contributed by atoms with Gasteiger partial charge in [0.2, 0.25) is 0 Å². The van der Waals surface area contributed by atoms with Gasteiger partial charge in [0.15, 0.2) is 5.16 Å². The van der Waals surface area contributed by atoms with Crippen molar-refractivity contribution in [3.8, 4) is 5.69 Å². The van der Waals surface area contributed by atoms with E-state index in [0.717, 1.165) is 41.0 Å². The molecule has 1 aromatic carbocycles. The minimum Gasteiger partial charge on any atom is -0.396 e. The van der Waals surface area contributed by atoms with Crippen LogP contribution in [0.15, 0.2) is 34.2 Å². The first kappa shape index (κ1) is 17.7. The van der Waals surface area contributed by atoms with Crippen LogP contribution in [0, 0.1) is 6.92 Å². The van der Waals surface area contributed by atoms with E-state index in [1.807, 2.05) is 31.2 Å². The number of aliphatic hydroxyl groups is 1. The molecule has 0 unspecified atom stereocenters. The van der Waals surface area contributed by atoms with E-state index in [9.17, 15) is 9.90 Å². The highest BCUT2D eigenvalue weighted by Gasteiger charge is 2.24. The Labute approximate surface area is 160 Å². The minimum absolute atomic E-state index is 0.00125. The van der Waals surface area contributed by atoms with Gasteiger partial charge in [-0.3, -0.25) is 9.36 Å². The molecule has 1 aliphatic heterocycles. The molecule has 5 nitrogen and oxygen atoms in total. The maximum atomic E-state index is 13.5. The van der Waals surface area contributed by atoms with Gasteiger partial charge in [-0.05, 0) is 38.1 Å². The first-order valence-electron chi connectivity index (χ1n) is 8.65. The third-order valence-corrected chi connectivity index (χ3v) is 6.68. The zero-order valence-electron chi connectivity index (χ0n) is 14.9. The average Bonchev–Trinajstić information content (AvgIpc) is 2.98. The molecular formula is C19H21N3O2S2. The lowest BCUT2D eigenvalue weighted by molar-refractivity contribution is 0.318. The quantitative estimate of drug-likeness (QED) is 0.551. The van der Waals surface area contributed by atoms with Crippen LogP contribution in [0.2, 0.25) is 0 Å². The fraction of sp³-hybridized carbons (Fsp3) is 0.368. The van der Waals surface area contributed by atoms with Crippen molar-refractivity contribution in [1.82, 2.24) is 14.5 Å². The Balaban J connectivity index is 1.96. The van der Waals surface area contributed by atoms with Gasteiger partial charge in [-0.15, -0.1) is 11.3 Å².